The van der Waals surface area contributed by atoms with E-state index in [1.807, 2.05) is 13.8 Å². The molecule has 1 rings (SSSR count). The molecule has 0 atom stereocenters. The summed E-state index contributed by atoms with van der Waals surface area (Å²) in [4.78, 5) is 0. The van der Waals surface area contributed by atoms with Crippen LogP contribution in [0, 0.1) is 0 Å². The maximum atomic E-state index is 12.5. The van der Waals surface area contributed by atoms with Crippen molar-refractivity contribution in [2.24, 2.45) is 0 Å². The largest absolute Gasteiger partial charge is 0.492 e. The number of rotatable bonds is 4. The van der Waals surface area contributed by atoms with Crippen LogP contribution in [-0.2, 0) is 6.18 Å². The summed E-state index contributed by atoms with van der Waals surface area (Å²) in [5.41, 5.74) is -0.120. The van der Waals surface area contributed by atoms with Gasteiger partial charge in [-0.1, -0.05) is 0 Å². The molecule has 0 unspecified atom stereocenters. The van der Waals surface area contributed by atoms with Gasteiger partial charge in [-0.25, -0.2) is 0 Å². The second-order valence-electron chi connectivity index (χ2n) is 3.94. The van der Waals surface area contributed by atoms with Crippen LogP contribution in [0.15, 0.2) is 18.2 Å². The van der Waals surface area contributed by atoms with Gasteiger partial charge < -0.3 is 10.1 Å². The molecule has 0 aliphatic heterocycles. The third-order valence-electron chi connectivity index (χ3n) is 2.05. The van der Waals surface area contributed by atoms with Crippen LogP contribution in [0.3, 0.4) is 0 Å². The standard InChI is InChI=1S/C12H16F3NO/c1-4-17-11-7-9(12(13,14)15)5-6-10(11)16-8(2)3/h5-8,16H,4H2,1-3H3. The molecule has 0 aliphatic rings. The Balaban J connectivity index is 3.08. The van der Waals surface area contributed by atoms with Crippen molar-refractivity contribution in [3.63, 3.8) is 0 Å². The molecule has 2 nitrogen and oxygen atoms in total. The van der Waals surface area contributed by atoms with Crippen LogP contribution in [0.25, 0.3) is 0 Å². The third-order valence-corrected chi connectivity index (χ3v) is 2.05. The van der Waals surface area contributed by atoms with Gasteiger partial charge in [0.2, 0.25) is 0 Å². The van der Waals surface area contributed by atoms with E-state index in [0.29, 0.717) is 12.3 Å². The highest BCUT2D eigenvalue weighted by Crippen LogP contribution is 2.35. The van der Waals surface area contributed by atoms with Crippen LogP contribution in [0.4, 0.5) is 18.9 Å². The molecule has 5 heteroatoms. The number of ether oxygens (including phenoxy) is 1. The number of benzene rings is 1. The highest BCUT2D eigenvalue weighted by Gasteiger charge is 2.31. The minimum absolute atomic E-state index is 0.131. The summed E-state index contributed by atoms with van der Waals surface area (Å²) in [5, 5.41) is 3.04. The van der Waals surface area contributed by atoms with Crippen molar-refractivity contribution in [1.82, 2.24) is 0 Å². The van der Waals surface area contributed by atoms with Crippen LogP contribution in [0.1, 0.15) is 26.3 Å². The Morgan fingerprint density at radius 1 is 1.29 bits per heavy atom. The third kappa shape index (κ3) is 3.84. The van der Waals surface area contributed by atoms with E-state index < -0.39 is 11.7 Å². The molecule has 1 aromatic carbocycles. The number of anilines is 1. The molecule has 0 saturated carbocycles. The van der Waals surface area contributed by atoms with E-state index in [1.165, 1.54) is 6.07 Å². The zero-order valence-electron chi connectivity index (χ0n) is 10.1. The molecule has 0 aromatic heterocycles. The van der Waals surface area contributed by atoms with Crippen molar-refractivity contribution >= 4 is 5.69 Å². The van der Waals surface area contributed by atoms with E-state index in [4.69, 9.17) is 4.74 Å². The quantitative estimate of drug-likeness (QED) is 0.870. The van der Waals surface area contributed by atoms with E-state index in [9.17, 15) is 13.2 Å². The highest BCUT2D eigenvalue weighted by molar-refractivity contribution is 5.58. The monoisotopic (exact) mass is 247 g/mol. The lowest BCUT2D eigenvalue weighted by atomic mass is 10.1. The lowest BCUT2D eigenvalue weighted by Crippen LogP contribution is -2.12. The van der Waals surface area contributed by atoms with Gasteiger partial charge in [-0.2, -0.15) is 13.2 Å². The first kappa shape index (κ1) is 13.7. The lowest BCUT2D eigenvalue weighted by Gasteiger charge is -2.17. The Bertz CT molecular complexity index is 375. The van der Waals surface area contributed by atoms with Crippen LogP contribution in [0.5, 0.6) is 5.75 Å². The number of halogens is 3. The van der Waals surface area contributed by atoms with Crippen molar-refractivity contribution in [3.05, 3.63) is 23.8 Å². The number of hydrogen-bond acceptors (Lipinski definition) is 2. The van der Waals surface area contributed by atoms with Crippen molar-refractivity contribution in [1.29, 1.82) is 0 Å². The molecule has 1 N–H and O–H groups in total. The first-order valence-corrected chi connectivity index (χ1v) is 5.45. The molecule has 0 fully saturated rings. The van der Waals surface area contributed by atoms with Crippen LogP contribution >= 0.6 is 0 Å². The normalized spacial score (nSPS) is 11.7. The van der Waals surface area contributed by atoms with Gasteiger partial charge in [0.15, 0.2) is 0 Å². The van der Waals surface area contributed by atoms with E-state index in [-0.39, 0.29) is 11.8 Å². The summed E-state index contributed by atoms with van der Waals surface area (Å²) < 4.78 is 42.8. The Labute approximate surface area is 98.8 Å². The van der Waals surface area contributed by atoms with Crippen molar-refractivity contribution in [2.75, 3.05) is 11.9 Å². The second-order valence-corrected chi connectivity index (χ2v) is 3.94. The lowest BCUT2D eigenvalue weighted by molar-refractivity contribution is -0.137. The van der Waals surface area contributed by atoms with Gasteiger partial charge in [-0.15, -0.1) is 0 Å². The highest BCUT2D eigenvalue weighted by atomic mass is 19.4. The Kier molecular flexibility index (Phi) is 4.26. The predicted octanol–water partition coefficient (Wildman–Crippen LogP) is 3.92. The van der Waals surface area contributed by atoms with Gasteiger partial charge in [0.05, 0.1) is 17.9 Å². The summed E-state index contributed by atoms with van der Waals surface area (Å²) in [5.74, 6) is 0.232. The maximum absolute atomic E-state index is 12.5. The molecule has 1 aromatic rings. The van der Waals surface area contributed by atoms with Crippen LogP contribution in [-0.4, -0.2) is 12.6 Å². The molecule has 96 valence electrons. The molecule has 0 bridgehead atoms. The van der Waals surface area contributed by atoms with E-state index in [1.54, 1.807) is 6.92 Å². The molecule has 0 radical (unpaired) electrons. The van der Waals surface area contributed by atoms with Gasteiger partial charge in [0.1, 0.15) is 5.75 Å². The number of hydrogen-bond donors (Lipinski definition) is 1. The van der Waals surface area contributed by atoms with Gasteiger partial charge in [-0.05, 0) is 39.0 Å². The summed E-state index contributed by atoms with van der Waals surface area (Å²) in [6.45, 7) is 5.88. The Morgan fingerprint density at radius 2 is 1.94 bits per heavy atom. The van der Waals surface area contributed by atoms with Crippen molar-refractivity contribution < 1.29 is 17.9 Å². The molecular weight excluding hydrogens is 231 g/mol. The van der Waals surface area contributed by atoms with Gasteiger partial charge in [0.25, 0.3) is 0 Å². The fraction of sp³-hybridized carbons (Fsp3) is 0.500. The molecule has 17 heavy (non-hydrogen) atoms. The summed E-state index contributed by atoms with van der Waals surface area (Å²) >= 11 is 0. The topological polar surface area (TPSA) is 21.3 Å². The minimum Gasteiger partial charge on any atom is -0.492 e. The first-order valence-electron chi connectivity index (χ1n) is 5.45. The SMILES string of the molecule is CCOc1cc(C(F)(F)F)ccc1NC(C)C. The average Bonchev–Trinajstić information content (AvgIpc) is 2.18. The van der Waals surface area contributed by atoms with Crippen LogP contribution in [0.2, 0.25) is 0 Å². The van der Waals surface area contributed by atoms with E-state index in [0.717, 1.165) is 12.1 Å². The molecule has 0 heterocycles. The average molecular weight is 247 g/mol. The first-order chi connectivity index (χ1) is 7.84. The molecular formula is C12H16F3NO. The van der Waals surface area contributed by atoms with Crippen molar-refractivity contribution in [2.45, 2.75) is 33.0 Å². The predicted molar refractivity (Wildman–Crippen MR) is 61.4 cm³/mol. The van der Waals surface area contributed by atoms with Crippen LogP contribution < -0.4 is 10.1 Å². The second kappa shape index (κ2) is 5.29. The van der Waals surface area contributed by atoms with Gasteiger partial charge in [-0.3, -0.25) is 0 Å². The zero-order chi connectivity index (χ0) is 13.1. The molecule has 0 amide bonds. The summed E-state index contributed by atoms with van der Waals surface area (Å²) in [6, 6.07) is 3.60. The molecule has 0 aliphatic carbocycles. The zero-order valence-corrected chi connectivity index (χ0v) is 10.1. The maximum Gasteiger partial charge on any atom is 0.416 e. The number of nitrogens with one attached hydrogen (secondary N) is 1. The Hall–Kier alpha value is -1.39. The Morgan fingerprint density at radius 3 is 2.41 bits per heavy atom. The molecule has 0 saturated heterocycles. The fourth-order valence-electron chi connectivity index (χ4n) is 1.40. The van der Waals surface area contributed by atoms with Crippen molar-refractivity contribution in [3.8, 4) is 5.75 Å². The van der Waals surface area contributed by atoms with E-state index >= 15 is 0 Å². The minimum atomic E-state index is -4.35. The smallest absolute Gasteiger partial charge is 0.416 e. The summed E-state index contributed by atoms with van der Waals surface area (Å²) in [7, 11) is 0. The van der Waals surface area contributed by atoms with Gasteiger partial charge >= 0.3 is 6.18 Å². The number of alkyl halides is 3. The molecule has 0 spiro atoms. The fourth-order valence-corrected chi connectivity index (χ4v) is 1.40. The van der Waals surface area contributed by atoms with Gasteiger partial charge in [0, 0.05) is 6.04 Å². The summed E-state index contributed by atoms with van der Waals surface area (Å²) in [6.07, 6.45) is -4.35. The van der Waals surface area contributed by atoms with E-state index in [2.05, 4.69) is 5.32 Å².